The number of hydrogen-bond acceptors (Lipinski definition) is 6. The number of alkyl halides is 6. The van der Waals surface area contributed by atoms with Crippen molar-refractivity contribution in [2.24, 2.45) is 5.92 Å². The minimum atomic E-state index is -5.08. The molecule has 34 heavy (non-hydrogen) atoms. The fraction of sp³-hybridized carbons (Fsp3) is 0.579. The Hall–Kier alpha value is -2.94. The lowest BCUT2D eigenvalue weighted by atomic mass is 9.91. The summed E-state index contributed by atoms with van der Waals surface area (Å²) < 4.78 is 69.4. The van der Waals surface area contributed by atoms with Gasteiger partial charge in [0.1, 0.15) is 6.10 Å². The van der Waals surface area contributed by atoms with Crippen molar-refractivity contribution in [3.8, 4) is 0 Å². The number of piperidine rings is 1. The molecule has 2 aliphatic rings. The molecule has 1 aromatic rings. The monoisotopic (exact) mass is 503 g/mol. The number of aliphatic carboxylic acids is 2. The minimum absolute atomic E-state index is 0.0459. The SMILES string of the molecule is CCN1CC[C@H]2C[C@H](C(=O)Nc3cccnc3)O[C@H]2C1.O=C(O)C(F)(F)F.O=C(O)C(F)(F)F. The van der Waals surface area contributed by atoms with Gasteiger partial charge >= 0.3 is 24.3 Å². The van der Waals surface area contributed by atoms with E-state index in [2.05, 4.69) is 22.1 Å². The third-order valence-electron chi connectivity index (χ3n) is 4.79. The van der Waals surface area contributed by atoms with Crippen LogP contribution in [0, 0.1) is 5.92 Å². The summed E-state index contributed by atoms with van der Waals surface area (Å²) in [5, 5.41) is 17.1. The molecule has 9 nitrogen and oxygen atoms in total. The summed E-state index contributed by atoms with van der Waals surface area (Å²) in [5.74, 6) is -5.03. The molecule has 3 heterocycles. The van der Waals surface area contributed by atoms with Gasteiger partial charge in [0, 0.05) is 12.7 Å². The Bertz CT molecular complexity index is 797. The topological polar surface area (TPSA) is 129 Å². The number of carbonyl (C=O) groups is 3. The van der Waals surface area contributed by atoms with Crippen LogP contribution in [0.1, 0.15) is 19.8 Å². The zero-order chi connectivity index (χ0) is 26.1. The van der Waals surface area contributed by atoms with Gasteiger partial charge in [-0.1, -0.05) is 6.92 Å². The third-order valence-corrected chi connectivity index (χ3v) is 4.79. The number of hydrogen-bond donors (Lipinski definition) is 3. The number of likely N-dealkylation sites (tertiary alicyclic amines) is 1. The molecule has 3 rings (SSSR count). The van der Waals surface area contributed by atoms with Gasteiger partial charge in [0.2, 0.25) is 0 Å². The molecule has 3 atom stereocenters. The van der Waals surface area contributed by atoms with E-state index in [1.807, 2.05) is 12.1 Å². The van der Waals surface area contributed by atoms with Crippen molar-refractivity contribution in [1.82, 2.24) is 9.88 Å². The maximum absolute atomic E-state index is 12.2. The first-order valence-corrected chi connectivity index (χ1v) is 9.84. The second-order valence-corrected chi connectivity index (χ2v) is 7.18. The van der Waals surface area contributed by atoms with Crippen LogP contribution < -0.4 is 5.32 Å². The van der Waals surface area contributed by atoms with Gasteiger partial charge in [0.25, 0.3) is 5.91 Å². The number of nitrogens with one attached hydrogen (secondary N) is 1. The molecule has 0 radical (unpaired) electrons. The summed E-state index contributed by atoms with van der Waals surface area (Å²) in [7, 11) is 0. The van der Waals surface area contributed by atoms with Gasteiger partial charge < -0.3 is 25.2 Å². The van der Waals surface area contributed by atoms with Crippen LogP contribution in [0.2, 0.25) is 0 Å². The van der Waals surface area contributed by atoms with Crippen molar-refractivity contribution in [3.63, 3.8) is 0 Å². The predicted molar refractivity (Wildman–Crippen MR) is 104 cm³/mol. The summed E-state index contributed by atoms with van der Waals surface area (Å²) in [4.78, 5) is 36.4. The molecular weight excluding hydrogens is 480 g/mol. The summed E-state index contributed by atoms with van der Waals surface area (Å²) in [5.41, 5.74) is 0.728. The number of aromatic nitrogens is 1. The highest BCUT2D eigenvalue weighted by Crippen LogP contribution is 2.33. The highest BCUT2D eigenvalue weighted by Gasteiger charge is 2.41. The zero-order valence-electron chi connectivity index (χ0n) is 17.8. The molecule has 192 valence electrons. The van der Waals surface area contributed by atoms with E-state index in [-0.39, 0.29) is 18.1 Å². The van der Waals surface area contributed by atoms with E-state index in [4.69, 9.17) is 24.5 Å². The fourth-order valence-corrected chi connectivity index (χ4v) is 3.11. The lowest BCUT2D eigenvalue weighted by Crippen LogP contribution is -2.42. The van der Waals surface area contributed by atoms with Crippen molar-refractivity contribution in [2.45, 2.75) is 44.3 Å². The number of ether oxygens (including phenoxy) is 1. The molecular formula is C19H23F6N3O6. The molecule has 2 saturated heterocycles. The highest BCUT2D eigenvalue weighted by atomic mass is 19.4. The van der Waals surface area contributed by atoms with Gasteiger partial charge in [0.15, 0.2) is 0 Å². The van der Waals surface area contributed by atoms with Gasteiger partial charge in [0.05, 0.1) is 18.0 Å². The highest BCUT2D eigenvalue weighted by molar-refractivity contribution is 5.94. The van der Waals surface area contributed by atoms with Crippen LogP contribution >= 0.6 is 0 Å². The molecule has 0 saturated carbocycles. The van der Waals surface area contributed by atoms with E-state index >= 15 is 0 Å². The van der Waals surface area contributed by atoms with Gasteiger partial charge in [-0.15, -0.1) is 0 Å². The molecule has 2 aliphatic heterocycles. The number of carboxylic acid groups (broad SMARTS) is 2. The number of carboxylic acids is 2. The molecule has 0 aromatic carbocycles. The van der Waals surface area contributed by atoms with E-state index in [1.165, 1.54) is 0 Å². The van der Waals surface area contributed by atoms with E-state index in [1.54, 1.807) is 12.4 Å². The number of anilines is 1. The standard InChI is InChI=1S/C15H21N3O2.2C2HF3O2/c1-2-18-7-5-11-8-13(20-14(11)10-18)15(19)17-12-4-3-6-16-9-12;2*3-2(4,5)1(6)7/h3-4,6,9,11,13-14H,2,5,7-8,10H2,1H3,(H,17,19);2*(H,6,7)/t11-,13+,14-;;/m0../s1. The third kappa shape index (κ3) is 9.91. The average molecular weight is 503 g/mol. The second-order valence-electron chi connectivity index (χ2n) is 7.18. The van der Waals surface area contributed by atoms with Crippen LogP contribution in [0.3, 0.4) is 0 Å². The lowest BCUT2D eigenvalue weighted by Gasteiger charge is -2.33. The van der Waals surface area contributed by atoms with Crippen LogP contribution in [0.4, 0.5) is 32.0 Å². The fourth-order valence-electron chi connectivity index (χ4n) is 3.11. The number of amides is 1. The van der Waals surface area contributed by atoms with Gasteiger partial charge in [-0.25, -0.2) is 9.59 Å². The van der Waals surface area contributed by atoms with E-state index in [9.17, 15) is 31.1 Å². The van der Waals surface area contributed by atoms with Crippen LogP contribution in [-0.4, -0.2) is 82.1 Å². The average Bonchev–Trinajstić information content (AvgIpc) is 3.17. The minimum Gasteiger partial charge on any atom is -0.475 e. The summed E-state index contributed by atoms with van der Waals surface area (Å²) in [6.07, 6.45) is -4.95. The molecule has 1 amide bonds. The number of likely N-dealkylation sites (N-methyl/N-ethyl adjacent to an activating group) is 1. The Balaban J connectivity index is 0.000000343. The zero-order valence-corrected chi connectivity index (χ0v) is 17.8. The van der Waals surface area contributed by atoms with Crippen LogP contribution in [0.15, 0.2) is 24.5 Å². The number of fused-ring (bicyclic) bond motifs is 1. The molecule has 3 N–H and O–H groups in total. The molecule has 1 aromatic heterocycles. The number of nitrogens with zero attached hydrogens (tertiary/aromatic N) is 2. The molecule has 0 aliphatic carbocycles. The first-order chi connectivity index (χ1) is 15.6. The van der Waals surface area contributed by atoms with E-state index < -0.39 is 24.3 Å². The van der Waals surface area contributed by atoms with Gasteiger partial charge in [-0.2, -0.15) is 26.3 Å². The molecule has 0 spiro atoms. The van der Waals surface area contributed by atoms with Crippen LogP contribution in [0.5, 0.6) is 0 Å². The largest absolute Gasteiger partial charge is 0.490 e. The quantitative estimate of drug-likeness (QED) is 0.538. The van der Waals surface area contributed by atoms with Crippen molar-refractivity contribution in [2.75, 3.05) is 25.0 Å². The van der Waals surface area contributed by atoms with Gasteiger partial charge in [-0.05, 0) is 44.0 Å². The van der Waals surface area contributed by atoms with Crippen molar-refractivity contribution in [3.05, 3.63) is 24.5 Å². The van der Waals surface area contributed by atoms with Crippen molar-refractivity contribution in [1.29, 1.82) is 0 Å². The second kappa shape index (κ2) is 12.5. The number of halogens is 6. The van der Waals surface area contributed by atoms with E-state index in [0.29, 0.717) is 5.92 Å². The van der Waals surface area contributed by atoms with Crippen molar-refractivity contribution < 1.29 is 55.7 Å². The van der Waals surface area contributed by atoms with Crippen molar-refractivity contribution >= 4 is 23.5 Å². The van der Waals surface area contributed by atoms with Gasteiger partial charge in [-0.3, -0.25) is 9.78 Å². The summed E-state index contributed by atoms with van der Waals surface area (Å²) in [6.45, 7) is 5.30. The number of carbonyl (C=O) groups excluding carboxylic acids is 1. The Kier molecular flexibility index (Phi) is 10.7. The molecule has 0 unspecified atom stereocenters. The summed E-state index contributed by atoms with van der Waals surface area (Å²) in [6, 6.07) is 3.65. The molecule has 2 fully saturated rings. The van der Waals surface area contributed by atoms with Crippen LogP contribution in [-0.2, 0) is 19.1 Å². The normalized spacial score (nSPS) is 22.3. The first kappa shape index (κ1) is 29.1. The smallest absolute Gasteiger partial charge is 0.475 e. The van der Waals surface area contributed by atoms with Crippen LogP contribution in [0.25, 0.3) is 0 Å². The Morgan fingerprint density at radius 1 is 1.15 bits per heavy atom. The maximum Gasteiger partial charge on any atom is 0.490 e. The number of pyridine rings is 1. The Labute approximate surface area is 189 Å². The first-order valence-electron chi connectivity index (χ1n) is 9.84. The Morgan fingerprint density at radius 2 is 1.71 bits per heavy atom. The predicted octanol–water partition coefficient (Wildman–Crippen LogP) is 2.79. The summed E-state index contributed by atoms with van der Waals surface area (Å²) >= 11 is 0. The maximum atomic E-state index is 12.2. The van der Waals surface area contributed by atoms with E-state index in [0.717, 1.165) is 38.2 Å². The lowest BCUT2D eigenvalue weighted by molar-refractivity contribution is -0.193. The molecule has 0 bridgehead atoms. The Morgan fingerprint density at radius 3 is 2.15 bits per heavy atom. The number of rotatable bonds is 3. The molecule has 15 heteroatoms.